The first kappa shape index (κ1) is 10.5. The van der Waals surface area contributed by atoms with Crippen molar-refractivity contribution in [2.45, 2.75) is 0 Å². The van der Waals surface area contributed by atoms with Gasteiger partial charge in [-0.2, -0.15) is 0 Å². The van der Waals surface area contributed by atoms with E-state index in [1.807, 2.05) is 0 Å². The van der Waals surface area contributed by atoms with E-state index in [0.717, 1.165) is 0 Å². The molecule has 0 aliphatic carbocycles. The third kappa shape index (κ3) is 10.7. The smallest absolute Gasteiger partial charge is 0.450 e. The first-order chi connectivity index (χ1) is 3.63. The summed E-state index contributed by atoms with van der Waals surface area (Å²) in [6.07, 6.45) is -3.24. The van der Waals surface area contributed by atoms with Crippen LogP contribution < -0.4 is 6.15 Å². The number of amides is 2. The molecule has 0 aromatic rings. The van der Waals surface area contributed by atoms with E-state index in [-0.39, 0.29) is 6.15 Å². The fraction of sp³-hybridized carbons (Fsp3) is 0. The molecule has 0 bridgehead atoms. The molecule has 7 nitrogen and oxygen atoms in total. The quantitative estimate of drug-likeness (QED) is 0.425. The Bertz CT molecular complexity index is 125. The van der Waals surface area contributed by atoms with Crippen LogP contribution in [0.2, 0.25) is 0 Å². The van der Waals surface area contributed by atoms with Crippen molar-refractivity contribution in [2.24, 2.45) is 10.2 Å². The van der Waals surface area contributed by atoms with E-state index in [2.05, 4.69) is 10.2 Å². The lowest BCUT2D eigenvalue weighted by molar-refractivity contribution is 0.194. The molecular weight excluding hydrogens is 130 g/mol. The van der Waals surface area contributed by atoms with Gasteiger partial charge in [-0.1, -0.05) is 10.2 Å². The number of hydrogen-bond acceptors (Lipinski definition) is 3. The van der Waals surface area contributed by atoms with Gasteiger partial charge >= 0.3 is 12.2 Å². The monoisotopic (exact) mass is 135 g/mol. The molecule has 2 amide bonds. The van der Waals surface area contributed by atoms with Gasteiger partial charge in [-0.05, 0) is 0 Å². The van der Waals surface area contributed by atoms with Gasteiger partial charge in [0.15, 0.2) is 0 Å². The maximum atomic E-state index is 9.38. The zero-order valence-corrected chi connectivity index (χ0v) is 4.31. The van der Waals surface area contributed by atoms with Crippen LogP contribution in [0, 0.1) is 0 Å². The van der Waals surface area contributed by atoms with Gasteiger partial charge in [-0.3, -0.25) is 0 Å². The van der Waals surface area contributed by atoms with Crippen LogP contribution in [0.4, 0.5) is 9.59 Å². The number of carbonyl (C=O) groups is 2. The summed E-state index contributed by atoms with van der Waals surface area (Å²) in [5.41, 5.74) is 0. The lowest BCUT2D eigenvalue weighted by Gasteiger charge is -1.72. The second kappa shape index (κ2) is 4.65. The highest BCUT2D eigenvalue weighted by Gasteiger charge is 1.91. The zero-order chi connectivity index (χ0) is 6.57. The molecule has 0 saturated heterocycles. The molecule has 0 unspecified atom stereocenters. The van der Waals surface area contributed by atoms with Gasteiger partial charge in [-0.15, -0.1) is 0 Å². The van der Waals surface area contributed by atoms with Gasteiger partial charge in [0.1, 0.15) is 0 Å². The number of azo groups is 1. The van der Waals surface area contributed by atoms with Gasteiger partial charge in [0.25, 0.3) is 0 Å². The zero-order valence-electron chi connectivity index (χ0n) is 4.31. The molecule has 0 rings (SSSR count). The molecule has 9 heavy (non-hydrogen) atoms. The summed E-state index contributed by atoms with van der Waals surface area (Å²) in [7, 11) is 0. The number of nitrogens with zero attached hydrogens (tertiary/aromatic N) is 2. The highest BCUT2D eigenvalue weighted by atomic mass is 16.4. The van der Waals surface area contributed by atoms with Gasteiger partial charge in [0.05, 0.1) is 0 Å². The summed E-state index contributed by atoms with van der Waals surface area (Å²) >= 11 is 0. The fourth-order valence-corrected chi connectivity index (χ4v) is 0.0855. The lowest BCUT2D eigenvalue weighted by atomic mass is 11.2. The summed E-state index contributed by atoms with van der Waals surface area (Å²) in [6.45, 7) is 0. The standard InChI is InChI=1S/C2H2N2O4.H3N/c5-1(6)3-4-2(7)8;/h(H,5,6)(H,7,8);1H3/b4-3+;. The third-order valence-electron chi connectivity index (χ3n) is 0.221. The Morgan fingerprint density at radius 2 is 1.22 bits per heavy atom. The van der Waals surface area contributed by atoms with Crippen LogP contribution in [0.1, 0.15) is 0 Å². The van der Waals surface area contributed by atoms with Crippen molar-refractivity contribution in [3.05, 3.63) is 0 Å². The third-order valence-corrected chi connectivity index (χ3v) is 0.221. The van der Waals surface area contributed by atoms with Crippen molar-refractivity contribution in [3.8, 4) is 0 Å². The highest BCUT2D eigenvalue weighted by Crippen LogP contribution is 1.76. The van der Waals surface area contributed by atoms with Gasteiger partial charge in [-0.25, -0.2) is 9.59 Å². The van der Waals surface area contributed by atoms with Crippen LogP contribution in [-0.2, 0) is 0 Å². The molecule has 5 N–H and O–H groups in total. The van der Waals surface area contributed by atoms with Crippen LogP contribution >= 0.6 is 0 Å². The molecule has 0 saturated carbocycles. The fourth-order valence-electron chi connectivity index (χ4n) is 0.0855. The molecular formula is C2H5N3O4. The second-order valence-corrected chi connectivity index (χ2v) is 0.765. The highest BCUT2D eigenvalue weighted by molar-refractivity contribution is 5.70. The largest absolute Gasteiger partial charge is 0.462 e. The Kier molecular flexibility index (Phi) is 5.42. The van der Waals surface area contributed by atoms with E-state index in [4.69, 9.17) is 10.2 Å². The summed E-state index contributed by atoms with van der Waals surface area (Å²) in [5.74, 6) is 0. The predicted octanol–water partition coefficient (Wildman–Crippen LogP) is 0.957. The predicted molar refractivity (Wildman–Crippen MR) is 25.9 cm³/mol. The van der Waals surface area contributed by atoms with E-state index in [1.165, 1.54) is 0 Å². The van der Waals surface area contributed by atoms with E-state index >= 15 is 0 Å². The topological polar surface area (TPSA) is 134 Å². The van der Waals surface area contributed by atoms with Crippen molar-refractivity contribution in [2.75, 3.05) is 0 Å². The normalized spacial score (nSPS) is 8.44. The Morgan fingerprint density at radius 3 is 1.33 bits per heavy atom. The van der Waals surface area contributed by atoms with Crippen molar-refractivity contribution >= 4 is 12.2 Å². The first-order valence-electron chi connectivity index (χ1n) is 1.50. The SMILES string of the molecule is N.O=C(O)/N=N/C(=O)O. The molecule has 0 aromatic heterocycles. The average Bonchev–Trinajstić information content (AvgIpc) is 1.61. The summed E-state index contributed by atoms with van der Waals surface area (Å²) < 4.78 is 0. The Labute approximate surface area is 49.6 Å². The summed E-state index contributed by atoms with van der Waals surface area (Å²) in [4.78, 5) is 18.8. The van der Waals surface area contributed by atoms with Gasteiger partial charge in [0.2, 0.25) is 0 Å². The van der Waals surface area contributed by atoms with Crippen LogP contribution in [0.5, 0.6) is 0 Å². The van der Waals surface area contributed by atoms with E-state index in [9.17, 15) is 9.59 Å². The molecule has 0 spiro atoms. The summed E-state index contributed by atoms with van der Waals surface area (Å²) in [6, 6.07) is 0. The first-order valence-corrected chi connectivity index (χ1v) is 1.50. The van der Waals surface area contributed by atoms with E-state index in [1.54, 1.807) is 0 Å². The minimum Gasteiger partial charge on any atom is -0.462 e. The van der Waals surface area contributed by atoms with Crippen LogP contribution in [0.3, 0.4) is 0 Å². The van der Waals surface area contributed by atoms with Crippen molar-refractivity contribution in [1.82, 2.24) is 6.15 Å². The maximum Gasteiger partial charge on any atom is 0.450 e. The number of rotatable bonds is 0. The molecule has 7 heteroatoms. The molecule has 0 aliphatic heterocycles. The maximum absolute atomic E-state index is 9.38. The van der Waals surface area contributed by atoms with Gasteiger partial charge in [0, 0.05) is 0 Å². The molecule has 0 atom stereocenters. The van der Waals surface area contributed by atoms with Crippen LogP contribution in [0.15, 0.2) is 10.2 Å². The molecule has 52 valence electrons. The molecule has 0 fully saturated rings. The number of carboxylic acid groups (broad SMARTS) is 2. The minimum absolute atomic E-state index is 0. The molecule has 0 aliphatic rings. The average molecular weight is 135 g/mol. The Balaban J connectivity index is 0. The lowest BCUT2D eigenvalue weighted by Crippen LogP contribution is -1.87. The van der Waals surface area contributed by atoms with Crippen molar-refractivity contribution in [1.29, 1.82) is 0 Å². The van der Waals surface area contributed by atoms with E-state index in [0.29, 0.717) is 0 Å². The molecule has 0 heterocycles. The molecule has 0 radical (unpaired) electrons. The van der Waals surface area contributed by atoms with Crippen LogP contribution in [0.25, 0.3) is 0 Å². The van der Waals surface area contributed by atoms with Crippen LogP contribution in [-0.4, -0.2) is 22.4 Å². The Morgan fingerprint density at radius 1 is 1.00 bits per heavy atom. The Hall–Kier alpha value is -1.50. The minimum atomic E-state index is -1.62. The second-order valence-electron chi connectivity index (χ2n) is 0.765. The summed E-state index contributed by atoms with van der Waals surface area (Å²) in [5, 5.41) is 19.8. The number of hydrogen-bond donors (Lipinski definition) is 3. The van der Waals surface area contributed by atoms with Gasteiger partial charge < -0.3 is 16.4 Å². The van der Waals surface area contributed by atoms with Crippen molar-refractivity contribution in [3.63, 3.8) is 0 Å². The van der Waals surface area contributed by atoms with E-state index < -0.39 is 12.2 Å². The molecule has 0 aromatic carbocycles. The van der Waals surface area contributed by atoms with Crippen molar-refractivity contribution < 1.29 is 19.8 Å².